The standard InChI is InChI=1S/C12H19FN2/c1-10-9-11(5-6-12(10)13)15-8-4-3-7-14-2/h5-6,9,14-15H,3-4,7-8H2,1-2H3. The van der Waals surface area contributed by atoms with Crippen molar-refractivity contribution >= 4 is 5.69 Å². The highest BCUT2D eigenvalue weighted by Crippen LogP contribution is 2.13. The van der Waals surface area contributed by atoms with Crippen molar-refractivity contribution in [3.8, 4) is 0 Å². The average Bonchev–Trinajstić information content (AvgIpc) is 2.23. The summed E-state index contributed by atoms with van der Waals surface area (Å²) in [6.45, 7) is 3.76. The number of anilines is 1. The predicted octanol–water partition coefficient (Wildman–Crippen LogP) is 2.55. The van der Waals surface area contributed by atoms with Crippen molar-refractivity contribution in [1.29, 1.82) is 0 Å². The highest BCUT2D eigenvalue weighted by Gasteiger charge is 1.97. The van der Waals surface area contributed by atoms with Gasteiger partial charge in [-0.25, -0.2) is 4.39 Å². The van der Waals surface area contributed by atoms with Crippen LogP contribution >= 0.6 is 0 Å². The molecule has 1 aromatic rings. The van der Waals surface area contributed by atoms with Gasteiger partial charge in [-0.15, -0.1) is 0 Å². The van der Waals surface area contributed by atoms with Gasteiger partial charge in [0.05, 0.1) is 0 Å². The zero-order chi connectivity index (χ0) is 11.1. The molecule has 0 spiro atoms. The van der Waals surface area contributed by atoms with E-state index < -0.39 is 0 Å². The Hall–Kier alpha value is -1.09. The van der Waals surface area contributed by atoms with Crippen LogP contribution in [0.5, 0.6) is 0 Å². The first kappa shape index (κ1) is 12.0. The van der Waals surface area contributed by atoms with Gasteiger partial charge >= 0.3 is 0 Å². The Morgan fingerprint density at radius 2 is 1.93 bits per heavy atom. The third-order valence-corrected chi connectivity index (χ3v) is 2.34. The lowest BCUT2D eigenvalue weighted by atomic mass is 10.2. The van der Waals surface area contributed by atoms with Gasteiger partial charge in [-0.3, -0.25) is 0 Å². The molecule has 0 bridgehead atoms. The number of benzene rings is 1. The summed E-state index contributed by atoms with van der Waals surface area (Å²) >= 11 is 0. The molecule has 1 aromatic carbocycles. The summed E-state index contributed by atoms with van der Waals surface area (Å²) in [4.78, 5) is 0. The number of rotatable bonds is 6. The van der Waals surface area contributed by atoms with Crippen LogP contribution in [0.4, 0.5) is 10.1 Å². The van der Waals surface area contributed by atoms with Crippen molar-refractivity contribution in [2.75, 3.05) is 25.5 Å². The Labute approximate surface area is 90.9 Å². The molecule has 0 radical (unpaired) electrons. The molecule has 0 aliphatic carbocycles. The maximum Gasteiger partial charge on any atom is 0.126 e. The summed E-state index contributed by atoms with van der Waals surface area (Å²) in [6.07, 6.45) is 2.28. The minimum absolute atomic E-state index is 0.143. The molecule has 0 amide bonds. The molecule has 0 atom stereocenters. The summed E-state index contributed by atoms with van der Waals surface area (Å²) in [5, 5.41) is 6.38. The molecule has 0 aromatic heterocycles. The zero-order valence-electron chi connectivity index (χ0n) is 9.44. The van der Waals surface area contributed by atoms with Gasteiger partial charge in [0.25, 0.3) is 0 Å². The molecule has 0 unspecified atom stereocenters. The molecule has 0 heterocycles. The smallest absolute Gasteiger partial charge is 0.126 e. The van der Waals surface area contributed by atoms with E-state index in [-0.39, 0.29) is 5.82 Å². The summed E-state index contributed by atoms with van der Waals surface area (Å²) in [7, 11) is 1.96. The lowest BCUT2D eigenvalue weighted by Crippen LogP contribution is -2.10. The Morgan fingerprint density at radius 3 is 2.60 bits per heavy atom. The van der Waals surface area contributed by atoms with Crippen LogP contribution in [0.1, 0.15) is 18.4 Å². The number of hydrogen-bond acceptors (Lipinski definition) is 2. The van der Waals surface area contributed by atoms with Crippen molar-refractivity contribution in [2.24, 2.45) is 0 Å². The fraction of sp³-hybridized carbons (Fsp3) is 0.500. The van der Waals surface area contributed by atoms with Crippen molar-refractivity contribution in [3.05, 3.63) is 29.6 Å². The number of halogens is 1. The molecule has 0 aliphatic heterocycles. The van der Waals surface area contributed by atoms with Crippen LogP contribution in [0.15, 0.2) is 18.2 Å². The van der Waals surface area contributed by atoms with Gasteiger partial charge in [-0.05, 0) is 57.1 Å². The van der Waals surface area contributed by atoms with E-state index in [9.17, 15) is 4.39 Å². The lowest BCUT2D eigenvalue weighted by Gasteiger charge is -2.07. The highest BCUT2D eigenvalue weighted by molar-refractivity contribution is 5.45. The van der Waals surface area contributed by atoms with Gasteiger partial charge in [0.2, 0.25) is 0 Å². The first-order valence-corrected chi connectivity index (χ1v) is 5.38. The summed E-state index contributed by atoms with van der Waals surface area (Å²) < 4.78 is 13.0. The second kappa shape index (κ2) is 6.40. The van der Waals surface area contributed by atoms with E-state index in [1.54, 1.807) is 13.0 Å². The van der Waals surface area contributed by atoms with Gasteiger partial charge in [0.15, 0.2) is 0 Å². The first-order chi connectivity index (χ1) is 7.24. The molecule has 1 rings (SSSR count). The molecular formula is C12H19FN2. The van der Waals surface area contributed by atoms with E-state index in [1.165, 1.54) is 6.07 Å². The molecular weight excluding hydrogens is 191 g/mol. The maximum absolute atomic E-state index is 13.0. The number of nitrogens with one attached hydrogen (secondary N) is 2. The summed E-state index contributed by atoms with van der Waals surface area (Å²) in [5.41, 5.74) is 1.69. The Bertz CT molecular complexity index is 300. The van der Waals surface area contributed by atoms with E-state index in [2.05, 4.69) is 10.6 Å². The lowest BCUT2D eigenvalue weighted by molar-refractivity contribution is 0.618. The predicted molar refractivity (Wildman–Crippen MR) is 62.8 cm³/mol. The van der Waals surface area contributed by atoms with Crippen molar-refractivity contribution < 1.29 is 4.39 Å². The van der Waals surface area contributed by atoms with Crippen LogP contribution in [0.3, 0.4) is 0 Å². The van der Waals surface area contributed by atoms with Gasteiger partial charge in [0, 0.05) is 12.2 Å². The van der Waals surface area contributed by atoms with Crippen molar-refractivity contribution in [3.63, 3.8) is 0 Å². The van der Waals surface area contributed by atoms with E-state index in [0.29, 0.717) is 5.56 Å². The van der Waals surface area contributed by atoms with Gasteiger partial charge < -0.3 is 10.6 Å². The second-order valence-corrected chi connectivity index (χ2v) is 3.70. The van der Waals surface area contributed by atoms with Crippen molar-refractivity contribution in [2.45, 2.75) is 19.8 Å². The Balaban J connectivity index is 2.28. The van der Waals surface area contributed by atoms with Crippen molar-refractivity contribution in [1.82, 2.24) is 5.32 Å². The Kier molecular flexibility index (Phi) is 5.12. The average molecular weight is 210 g/mol. The minimum atomic E-state index is -0.143. The summed E-state index contributed by atoms with van der Waals surface area (Å²) in [6, 6.07) is 5.12. The van der Waals surface area contributed by atoms with Crippen LogP contribution < -0.4 is 10.6 Å². The van der Waals surface area contributed by atoms with Gasteiger partial charge in [-0.2, -0.15) is 0 Å². The van der Waals surface area contributed by atoms with E-state index in [4.69, 9.17) is 0 Å². The summed E-state index contributed by atoms with van der Waals surface area (Å²) in [5.74, 6) is -0.143. The number of aryl methyl sites for hydroxylation is 1. The van der Waals surface area contributed by atoms with Crippen LogP contribution in [0.25, 0.3) is 0 Å². The van der Waals surface area contributed by atoms with E-state index in [0.717, 1.165) is 31.6 Å². The molecule has 0 fully saturated rings. The SMILES string of the molecule is CNCCCCNc1ccc(F)c(C)c1. The molecule has 3 heteroatoms. The monoisotopic (exact) mass is 210 g/mol. The Morgan fingerprint density at radius 1 is 1.20 bits per heavy atom. The third kappa shape index (κ3) is 4.30. The molecule has 84 valence electrons. The quantitative estimate of drug-likeness (QED) is 0.705. The maximum atomic E-state index is 13.0. The molecule has 0 saturated carbocycles. The van der Waals surface area contributed by atoms with Crippen LogP contribution in [0.2, 0.25) is 0 Å². The van der Waals surface area contributed by atoms with E-state index >= 15 is 0 Å². The van der Waals surface area contributed by atoms with Gasteiger partial charge in [-0.1, -0.05) is 0 Å². The zero-order valence-corrected chi connectivity index (χ0v) is 9.44. The normalized spacial score (nSPS) is 10.3. The fourth-order valence-corrected chi connectivity index (χ4v) is 1.41. The highest BCUT2D eigenvalue weighted by atomic mass is 19.1. The van der Waals surface area contributed by atoms with Crippen LogP contribution in [0, 0.1) is 12.7 Å². The fourth-order valence-electron chi connectivity index (χ4n) is 1.41. The minimum Gasteiger partial charge on any atom is -0.385 e. The molecule has 2 nitrogen and oxygen atoms in total. The van der Waals surface area contributed by atoms with Crippen LogP contribution in [-0.4, -0.2) is 20.1 Å². The third-order valence-electron chi connectivity index (χ3n) is 2.34. The van der Waals surface area contributed by atoms with Gasteiger partial charge in [0.1, 0.15) is 5.82 Å². The molecule has 15 heavy (non-hydrogen) atoms. The molecule has 0 saturated heterocycles. The largest absolute Gasteiger partial charge is 0.385 e. The molecule has 0 aliphatic rings. The van der Waals surface area contributed by atoms with Crippen LogP contribution in [-0.2, 0) is 0 Å². The number of hydrogen-bond donors (Lipinski definition) is 2. The first-order valence-electron chi connectivity index (χ1n) is 5.38. The molecule has 2 N–H and O–H groups in total. The number of unbranched alkanes of at least 4 members (excludes halogenated alkanes) is 1. The topological polar surface area (TPSA) is 24.1 Å². The second-order valence-electron chi connectivity index (χ2n) is 3.70. The van der Waals surface area contributed by atoms with E-state index in [1.807, 2.05) is 13.1 Å².